The third-order valence-corrected chi connectivity index (χ3v) is 3.43. The van der Waals surface area contributed by atoms with Gasteiger partial charge in [-0.2, -0.15) is 0 Å². The minimum absolute atomic E-state index is 0.134. The van der Waals surface area contributed by atoms with Crippen LogP contribution in [0.15, 0.2) is 12.4 Å². The number of nitrogens with one attached hydrogen (secondary N) is 2. The highest BCUT2D eigenvalue weighted by atomic mass is 32.1. The van der Waals surface area contributed by atoms with Gasteiger partial charge in [-0.1, -0.05) is 16.6 Å². The van der Waals surface area contributed by atoms with Crippen LogP contribution in [0.25, 0.3) is 0 Å². The molecular weight excluding hydrogens is 290 g/mol. The molecule has 2 rings (SSSR count). The fourth-order valence-corrected chi connectivity index (χ4v) is 2.59. The Morgan fingerprint density at radius 2 is 2.24 bits per heavy atom. The highest BCUT2D eigenvalue weighted by Crippen LogP contribution is 2.26. The lowest BCUT2D eigenvalue weighted by atomic mass is 10.1. The Morgan fingerprint density at radius 3 is 2.86 bits per heavy atom. The van der Waals surface area contributed by atoms with Crippen molar-refractivity contribution in [2.45, 2.75) is 32.9 Å². The van der Waals surface area contributed by atoms with E-state index in [1.807, 2.05) is 20.8 Å². The molecule has 1 amide bonds. The summed E-state index contributed by atoms with van der Waals surface area (Å²) in [7, 11) is 0. The molecule has 0 saturated carbocycles. The van der Waals surface area contributed by atoms with E-state index in [0.29, 0.717) is 23.1 Å². The van der Waals surface area contributed by atoms with Gasteiger partial charge in [0.25, 0.3) is 5.91 Å². The summed E-state index contributed by atoms with van der Waals surface area (Å²) >= 11 is 1.25. The van der Waals surface area contributed by atoms with Crippen LogP contribution in [-0.4, -0.2) is 38.0 Å². The van der Waals surface area contributed by atoms with E-state index in [4.69, 9.17) is 5.73 Å². The van der Waals surface area contributed by atoms with Gasteiger partial charge in [0.1, 0.15) is 10.7 Å². The van der Waals surface area contributed by atoms with Crippen LogP contribution in [-0.2, 0) is 6.54 Å². The third kappa shape index (κ3) is 4.42. The summed E-state index contributed by atoms with van der Waals surface area (Å²) in [4.78, 5) is 16.7. The molecular formula is C12H19N7OS. The highest BCUT2D eigenvalue weighted by molar-refractivity contribution is 7.18. The molecule has 8 nitrogen and oxygen atoms in total. The van der Waals surface area contributed by atoms with E-state index in [9.17, 15) is 4.79 Å². The lowest BCUT2D eigenvalue weighted by Gasteiger charge is -2.19. The maximum absolute atomic E-state index is 12.1. The average molecular weight is 309 g/mol. The van der Waals surface area contributed by atoms with Crippen molar-refractivity contribution in [3.63, 3.8) is 0 Å². The number of nitrogens with two attached hydrogens (primary N) is 1. The Morgan fingerprint density at radius 1 is 1.48 bits per heavy atom. The SMILES string of the molecule is CC(C)(C)Nc1nc(N)c(C(=O)NCCn2ccnn2)s1. The van der Waals surface area contributed by atoms with E-state index in [1.165, 1.54) is 11.3 Å². The number of hydrogen-bond acceptors (Lipinski definition) is 7. The molecule has 0 spiro atoms. The van der Waals surface area contributed by atoms with Gasteiger partial charge in [0, 0.05) is 18.3 Å². The number of anilines is 2. The second-order valence-electron chi connectivity index (χ2n) is 5.53. The summed E-state index contributed by atoms with van der Waals surface area (Å²) in [6, 6.07) is 0. The molecule has 0 bridgehead atoms. The van der Waals surface area contributed by atoms with Crippen molar-refractivity contribution in [1.29, 1.82) is 0 Å². The van der Waals surface area contributed by atoms with Crippen LogP contribution in [0, 0.1) is 0 Å². The Hall–Kier alpha value is -2.16. The van der Waals surface area contributed by atoms with Gasteiger partial charge < -0.3 is 16.4 Å². The van der Waals surface area contributed by atoms with Gasteiger partial charge in [-0.3, -0.25) is 9.48 Å². The molecule has 9 heteroatoms. The van der Waals surface area contributed by atoms with Crippen molar-refractivity contribution in [3.8, 4) is 0 Å². The van der Waals surface area contributed by atoms with Crippen LogP contribution in [0.3, 0.4) is 0 Å². The largest absolute Gasteiger partial charge is 0.382 e. The van der Waals surface area contributed by atoms with E-state index in [2.05, 4.69) is 25.9 Å². The van der Waals surface area contributed by atoms with Crippen molar-refractivity contribution in [2.24, 2.45) is 0 Å². The quantitative estimate of drug-likeness (QED) is 0.758. The first-order valence-corrected chi connectivity index (χ1v) is 7.33. The predicted octanol–water partition coefficient (Wildman–Crippen LogP) is 0.957. The number of rotatable bonds is 5. The first-order valence-electron chi connectivity index (χ1n) is 6.52. The second kappa shape index (κ2) is 6.08. The molecule has 0 unspecified atom stereocenters. The number of amides is 1. The molecule has 0 fully saturated rings. The number of nitrogens with zero attached hydrogens (tertiary/aromatic N) is 4. The molecule has 0 saturated heterocycles. The molecule has 0 radical (unpaired) electrons. The third-order valence-electron chi connectivity index (χ3n) is 2.44. The molecule has 0 aromatic carbocycles. The molecule has 2 heterocycles. The van der Waals surface area contributed by atoms with Crippen molar-refractivity contribution in [1.82, 2.24) is 25.3 Å². The molecule has 0 aliphatic carbocycles. The van der Waals surface area contributed by atoms with Gasteiger partial charge in [-0.15, -0.1) is 5.10 Å². The Balaban J connectivity index is 1.92. The minimum atomic E-state index is -0.230. The summed E-state index contributed by atoms with van der Waals surface area (Å²) in [5.41, 5.74) is 5.66. The molecule has 0 atom stereocenters. The summed E-state index contributed by atoms with van der Waals surface area (Å²) in [5, 5.41) is 14.1. The summed E-state index contributed by atoms with van der Waals surface area (Å²) < 4.78 is 1.64. The fourth-order valence-electron chi connectivity index (χ4n) is 1.59. The monoisotopic (exact) mass is 309 g/mol. The number of carbonyl (C=O) groups excluding carboxylic acids is 1. The second-order valence-corrected chi connectivity index (χ2v) is 6.53. The summed E-state index contributed by atoms with van der Waals surface area (Å²) in [6.07, 6.45) is 3.33. The van der Waals surface area contributed by atoms with Crippen LogP contribution in [0.5, 0.6) is 0 Å². The topological polar surface area (TPSA) is 111 Å². The number of aromatic nitrogens is 4. The minimum Gasteiger partial charge on any atom is -0.382 e. The van der Waals surface area contributed by atoms with Crippen LogP contribution >= 0.6 is 11.3 Å². The van der Waals surface area contributed by atoms with Crippen molar-refractivity contribution >= 4 is 28.2 Å². The van der Waals surface area contributed by atoms with Crippen molar-refractivity contribution in [2.75, 3.05) is 17.6 Å². The first kappa shape index (κ1) is 15.2. The van der Waals surface area contributed by atoms with Crippen molar-refractivity contribution in [3.05, 3.63) is 17.3 Å². The summed E-state index contributed by atoms with van der Waals surface area (Å²) in [5.74, 6) is 0.0112. The van der Waals surface area contributed by atoms with Gasteiger partial charge in [0.15, 0.2) is 5.13 Å². The average Bonchev–Trinajstić information content (AvgIpc) is 2.97. The zero-order valence-corrected chi connectivity index (χ0v) is 13.1. The molecule has 2 aromatic rings. The molecule has 0 aliphatic rings. The van der Waals surface area contributed by atoms with Gasteiger partial charge in [0.05, 0.1) is 12.7 Å². The standard InChI is InChI=1S/C12H19N7OS/c1-12(2,3)17-11-16-9(13)8(21-11)10(20)14-4-6-19-7-5-15-18-19/h5,7H,4,6,13H2,1-3H3,(H,14,20)(H,16,17). The van der Waals surface area contributed by atoms with Crippen LogP contribution in [0.1, 0.15) is 30.4 Å². The Kier molecular flexibility index (Phi) is 4.41. The molecule has 21 heavy (non-hydrogen) atoms. The summed E-state index contributed by atoms with van der Waals surface area (Å²) in [6.45, 7) is 7.05. The van der Waals surface area contributed by atoms with Gasteiger partial charge >= 0.3 is 0 Å². The van der Waals surface area contributed by atoms with Crippen LogP contribution < -0.4 is 16.4 Å². The van der Waals surface area contributed by atoms with E-state index >= 15 is 0 Å². The van der Waals surface area contributed by atoms with E-state index in [0.717, 1.165) is 0 Å². The van der Waals surface area contributed by atoms with Gasteiger partial charge in [-0.05, 0) is 20.8 Å². The first-order chi connectivity index (χ1) is 9.85. The molecule has 2 aromatic heterocycles. The highest BCUT2D eigenvalue weighted by Gasteiger charge is 2.18. The van der Waals surface area contributed by atoms with E-state index < -0.39 is 0 Å². The normalized spacial score (nSPS) is 11.4. The Bertz CT molecular complexity index is 600. The zero-order valence-electron chi connectivity index (χ0n) is 12.3. The smallest absolute Gasteiger partial charge is 0.265 e. The molecule has 0 aliphatic heterocycles. The fraction of sp³-hybridized carbons (Fsp3) is 0.500. The van der Waals surface area contributed by atoms with Crippen molar-refractivity contribution < 1.29 is 4.79 Å². The maximum atomic E-state index is 12.1. The van der Waals surface area contributed by atoms with Crippen LogP contribution in [0.2, 0.25) is 0 Å². The molecule has 114 valence electrons. The lowest BCUT2D eigenvalue weighted by molar-refractivity contribution is 0.0956. The lowest BCUT2D eigenvalue weighted by Crippen LogP contribution is -2.27. The number of nitrogen functional groups attached to an aromatic ring is 1. The number of thiazole rings is 1. The predicted molar refractivity (Wildman–Crippen MR) is 82.3 cm³/mol. The van der Waals surface area contributed by atoms with Gasteiger partial charge in [0.2, 0.25) is 0 Å². The van der Waals surface area contributed by atoms with Crippen LogP contribution in [0.4, 0.5) is 10.9 Å². The van der Waals surface area contributed by atoms with E-state index in [-0.39, 0.29) is 17.3 Å². The Labute approximate surface area is 126 Å². The molecule has 4 N–H and O–H groups in total. The van der Waals surface area contributed by atoms with Gasteiger partial charge in [-0.25, -0.2) is 4.98 Å². The number of hydrogen-bond donors (Lipinski definition) is 3. The zero-order chi connectivity index (χ0) is 15.5. The number of carbonyl (C=O) groups is 1. The van der Waals surface area contributed by atoms with E-state index in [1.54, 1.807) is 17.1 Å². The maximum Gasteiger partial charge on any atom is 0.265 e.